The predicted molar refractivity (Wildman–Crippen MR) is 237 cm³/mol. The third-order valence-corrected chi connectivity index (χ3v) is 11.6. The lowest BCUT2D eigenvalue weighted by molar-refractivity contribution is -0.137. The Morgan fingerprint density at radius 2 is 1.05 bits per heavy atom. The highest BCUT2D eigenvalue weighted by atomic mass is 19.4. The standard InChI is InChI=1S/C53H30F3N5/c1-32-12-11-18-44(53(54,55)56)52(32)36-28-50(60-46-20-9-6-16-39(46)41-24-22-33(26-48(41)60)37-14-4-3-13-35(37)30-57)43(31-58)51(29-36)61-47-21-10-7-17-40(47)42-25-23-34(27-49(42)61)38-15-5-8-19-45(38)59-2/h3-29H,1H3. The third-order valence-electron chi connectivity index (χ3n) is 11.6. The highest BCUT2D eigenvalue weighted by Gasteiger charge is 2.35. The molecular formula is C53H30F3N5. The maximum Gasteiger partial charge on any atom is 0.417 e. The summed E-state index contributed by atoms with van der Waals surface area (Å²) in [6, 6.07) is 54.5. The molecule has 8 aromatic carbocycles. The van der Waals surface area contributed by atoms with Crippen molar-refractivity contribution in [1.29, 1.82) is 10.5 Å². The molecule has 2 heterocycles. The Bertz CT molecular complexity index is 3390. The van der Waals surface area contributed by atoms with Gasteiger partial charge in [0.15, 0.2) is 5.69 Å². The number of nitriles is 2. The van der Waals surface area contributed by atoms with Crippen molar-refractivity contribution in [2.45, 2.75) is 13.1 Å². The van der Waals surface area contributed by atoms with Gasteiger partial charge in [-0.2, -0.15) is 23.7 Å². The Kier molecular flexibility index (Phi) is 8.58. The Hall–Kier alpha value is -8.38. The SMILES string of the molecule is [C-]#[N+]c1ccccc1-c1ccc2c3ccccc3n(-c3cc(-c4c(C)cccc4C(F)(F)F)cc(-n4c5ccccc5c5ccc(-c6ccccc6C#N)cc54)c3C#N)c2c1. The van der Waals surface area contributed by atoms with Gasteiger partial charge >= 0.3 is 6.18 Å². The second kappa shape index (κ2) is 14.2. The van der Waals surface area contributed by atoms with Crippen LogP contribution in [0.15, 0.2) is 164 Å². The van der Waals surface area contributed by atoms with Crippen molar-refractivity contribution < 1.29 is 13.2 Å². The second-order valence-electron chi connectivity index (χ2n) is 15.0. The predicted octanol–water partition coefficient (Wildman–Crippen LogP) is 14.5. The van der Waals surface area contributed by atoms with E-state index in [2.05, 4.69) is 17.0 Å². The van der Waals surface area contributed by atoms with Crippen molar-refractivity contribution in [3.05, 3.63) is 197 Å². The molecule has 5 nitrogen and oxygen atoms in total. The molecule has 0 spiro atoms. The highest BCUT2D eigenvalue weighted by molar-refractivity contribution is 6.12. The lowest BCUT2D eigenvalue weighted by atomic mass is 9.92. The lowest BCUT2D eigenvalue weighted by Crippen LogP contribution is -2.10. The van der Waals surface area contributed by atoms with Crippen molar-refractivity contribution in [2.24, 2.45) is 0 Å². The van der Waals surface area contributed by atoms with E-state index in [0.29, 0.717) is 33.7 Å². The number of halogens is 3. The summed E-state index contributed by atoms with van der Waals surface area (Å²) in [7, 11) is 0. The first kappa shape index (κ1) is 36.9. The Morgan fingerprint density at radius 1 is 0.525 bits per heavy atom. The van der Waals surface area contributed by atoms with Crippen LogP contribution in [0, 0.1) is 36.2 Å². The molecule has 8 heteroatoms. The fourth-order valence-corrected chi connectivity index (χ4v) is 8.95. The molecule has 0 N–H and O–H groups in total. The molecule has 0 aliphatic rings. The third kappa shape index (κ3) is 5.83. The van der Waals surface area contributed by atoms with Gasteiger partial charge in [-0.25, -0.2) is 4.85 Å². The number of rotatable bonds is 5. The van der Waals surface area contributed by atoms with E-state index in [9.17, 15) is 10.5 Å². The van der Waals surface area contributed by atoms with Crippen LogP contribution >= 0.6 is 0 Å². The van der Waals surface area contributed by atoms with Crippen LogP contribution in [0.25, 0.3) is 93.2 Å². The zero-order valence-electron chi connectivity index (χ0n) is 32.5. The van der Waals surface area contributed by atoms with E-state index >= 15 is 13.2 Å². The maximum absolute atomic E-state index is 15.1. The smallest absolute Gasteiger partial charge is 0.308 e. The average molecular weight is 794 g/mol. The largest absolute Gasteiger partial charge is 0.417 e. The van der Waals surface area contributed by atoms with Gasteiger partial charge in [-0.1, -0.05) is 115 Å². The number of alkyl halides is 3. The van der Waals surface area contributed by atoms with E-state index in [-0.39, 0.29) is 16.7 Å². The molecule has 0 atom stereocenters. The first-order valence-electron chi connectivity index (χ1n) is 19.5. The summed E-state index contributed by atoms with van der Waals surface area (Å²) < 4.78 is 49.1. The zero-order valence-corrected chi connectivity index (χ0v) is 32.5. The lowest BCUT2D eigenvalue weighted by Gasteiger charge is -2.21. The number of hydrogen-bond donors (Lipinski definition) is 0. The summed E-state index contributed by atoms with van der Waals surface area (Å²) in [5.74, 6) is 0. The molecule has 0 fully saturated rings. The molecule has 288 valence electrons. The molecule has 0 amide bonds. The van der Waals surface area contributed by atoms with Crippen LogP contribution in [0.5, 0.6) is 0 Å². The number of nitrogens with zero attached hydrogens (tertiary/aromatic N) is 5. The van der Waals surface area contributed by atoms with Gasteiger partial charge in [0.25, 0.3) is 0 Å². The van der Waals surface area contributed by atoms with E-state index < -0.39 is 11.7 Å². The highest BCUT2D eigenvalue weighted by Crippen LogP contribution is 2.45. The molecular weight excluding hydrogens is 764 g/mol. The quantitative estimate of drug-likeness (QED) is 0.163. The normalized spacial score (nSPS) is 11.6. The fourth-order valence-electron chi connectivity index (χ4n) is 8.95. The molecule has 2 aromatic heterocycles. The van der Waals surface area contributed by atoms with Crippen molar-refractivity contribution >= 4 is 49.3 Å². The summed E-state index contributed by atoms with van der Waals surface area (Å²) in [6.45, 7) is 9.54. The molecule has 0 unspecified atom stereocenters. The average Bonchev–Trinajstić information content (AvgIpc) is 3.80. The Balaban J connectivity index is 1.38. The minimum atomic E-state index is -4.68. The van der Waals surface area contributed by atoms with Crippen LogP contribution in [0.3, 0.4) is 0 Å². The van der Waals surface area contributed by atoms with E-state index in [4.69, 9.17) is 6.57 Å². The summed E-state index contributed by atoms with van der Waals surface area (Å²) in [5.41, 5.74) is 7.91. The van der Waals surface area contributed by atoms with Gasteiger partial charge in [0.05, 0.1) is 57.2 Å². The van der Waals surface area contributed by atoms with Gasteiger partial charge in [-0.3, -0.25) is 0 Å². The number of aromatic nitrogens is 2. The minimum absolute atomic E-state index is 0.0128. The zero-order chi connectivity index (χ0) is 42.0. The van der Waals surface area contributed by atoms with E-state index in [1.54, 1.807) is 37.3 Å². The van der Waals surface area contributed by atoms with E-state index in [0.717, 1.165) is 66.4 Å². The molecule has 0 aliphatic carbocycles. The van der Waals surface area contributed by atoms with Crippen molar-refractivity contribution in [3.8, 4) is 56.9 Å². The van der Waals surface area contributed by atoms with Crippen LogP contribution < -0.4 is 0 Å². The number of benzene rings is 8. The first-order chi connectivity index (χ1) is 29.7. The molecule has 0 bridgehead atoms. The van der Waals surface area contributed by atoms with Crippen LogP contribution in [-0.2, 0) is 6.18 Å². The van der Waals surface area contributed by atoms with E-state index in [1.807, 2.05) is 130 Å². The monoisotopic (exact) mass is 793 g/mol. The van der Waals surface area contributed by atoms with E-state index in [1.165, 1.54) is 6.07 Å². The van der Waals surface area contributed by atoms with Gasteiger partial charge in [-0.05, 0) is 94.4 Å². The number of hydrogen-bond acceptors (Lipinski definition) is 2. The van der Waals surface area contributed by atoms with Crippen molar-refractivity contribution in [3.63, 3.8) is 0 Å². The number of aryl methyl sites for hydroxylation is 1. The number of para-hydroxylation sites is 3. The molecule has 61 heavy (non-hydrogen) atoms. The molecule has 10 aromatic rings. The van der Waals surface area contributed by atoms with Crippen LogP contribution in [0.1, 0.15) is 22.3 Å². The Morgan fingerprint density at radius 3 is 1.62 bits per heavy atom. The fraction of sp³-hybridized carbons (Fsp3) is 0.0377. The van der Waals surface area contributed by atoms with Gasteiger partial charge in [0.1, 0.15) is 11.6 Å². The molecule has 0 saturated carbocycles. The molecule has 0 aliphatic heterocycles. The first-order valence-corrected chi connectivity index (χ1v) is 19.5. The van der Waals surface area contributed by atoms with Gasteiger partial charge < -0.3 is 9.13 Å². The van der Waals surface area contributed by atoms with Gasteiger partial charge in [0, 0.05) is 21.5 Å². The van der Waals surface area contributed by atoms with Gasteiger partial charge in [-0.15, -0.1) is 0 Å². The van der Waals surface area contributed by atoms with Crippen molar-refractivity contribution in [1.82, 2.24) is 9.13 Å². The maximum atomic E-state index is 15.1. The molecule has 0 radical (unpaired) electrons. The minimum Gasteiger partial charge on any atom is -0.308 e. The second-order valence-corrected chi connectivity index (χ2v) is 15.0. The topological polar surface area (TPSA) is 61.8 Å². The molecule has 10 rings (SSSR count). The summed E-state index contributed by atoms with van der Waals surface area (Å²) in [6.07, 6.45) is -4.68. The van der Waals surface area contributed by atoms with Crippen molar-refractivity contribution in [2.75, 3.05) is 0 Å². The summed E-state index contributed by atoms with van der Waals surface area (Å²) >= 11 is 0. The number of fused-ring (bicyclic) bond motifs is 6. The Labute approximate surface area is 348 Å². The summed E-state index contributed by atoms with van der Waals surface area (Å²) in [4.78, 5) is 3.77. The van der Waals surface area contributed by atoms with Crippen LogP contribution in [0.2, 0.25) is 0 Å². The van der Waals surface area contributed by atoms with Crippen LogP contribution in [0.4, 0.5) is 18.9 Å². The van der Waals surface area contributed by atoms with Crippen LogP contribution in [-0.4, -0.2) is 9.13 Å². The van der Waals surface area contributed by atoms with Gasteiger partial charge in [0.2, 0.25) is 0 Å². The molecule has 0 saturated heterocycles. The summed E-state index contributed by atoms with van der Waals surface area (Å²) in [5, 5.41) is 25.0.